The molecule has 2 amide bonds. The number of rotatable bonds is 5. The van der Waals surface area contributed by atoms with Crippen LogP contribution >= 0.6 is 0 Å². The van der Waals surface area contributed by atoms with E-state index in [-0.39, 0.29) is 17.5 Å². The quantitative estimate of drug-likeness (QED) is 0.886. The zero-order chi connectivity index (χ0) is 17.0. The summed E-state index contributed by atoms with van der Waals surface area (Å²) in [6, 6.07) is 10.2. The van der Waals surface area contributed by atoms with E-state index in [0.29, 0.717) is 6.54 Å². The minimum absolute atomic E-state index is 0.0644. The van der Waals surface area contributed by atoms with Gasteiger partial charge in [0.25, 0.3) is 0 Å². The Morgan fingerprint density at radius 3 is 2.83 bits per heavy atom. The molecule has 24 heavy (non-hydrogen) atoms. The van der Waals surface area contributed by atoms with Gasteiger partial charge in [-0.15, -0.1) is 0 Å². The van der Waals surface area contributed by atoms with Gasteiger partial charge in [0.05, 0.1) is 11.9 Å². The Labute approximate surface area is 143 Å². The molecule has 0 bridgehead atoms. The van der Waals surface area contributed by atoms with Gasteiger partial charge in [-0.05, 0) is 42.4 Å². The molecule has 0 spiro atoms. The van der Waals surface area contributed by atoms with E-state index in [9.17, 15) is 4.79 Å². The molecule has 1 aromatic carbocycles. The molecule has 0 unspecified atom stereocenters. The summed E-state index contributed by atoms with van der Waals surface area (Å²) in [7, 11) is 0. The van der Waals surface area contributed by atoms with E-state index in [2.05, 4.69) is 29.6 Å². The first-order chi connectivity index (χ1) is 11.5. The first kappa shape index (κ1) is 16.6. The number of carbonyl (C=O) groups is 1. The Morgan fingerprint density at radius 1 is 1.33 bits per heavy atom. The first-order valence-electron chi connectivity index (χ1n) is 8.68. The number of para-hydroxylation sites is 1. The van der Waals surface area contributed by atoms with E-state index >= 15 is 0 Å². The third-order valence-electron chi connectivity index (χ3n) is 4.92. The number of benzene rings is 1. The number of urea groups is 1. The fraction of sp³-hybridized carbons (Fsp3) is 0.474. The van der Waals surface area contributed by atoms with Crippen LogP contribution in [0.1, 0.15) is 38.7 Å². The smallest absolute Gasteiger partial charge is 0.315 e. The van der Waals surface area contributed by atoms with Crippen molar-refractivity contribution in [2.24, 2.45) is 5.41 Å². The zero-order valence-electron chi connectivity index (χ0n) is 14.5. The Bertz CT molecular complexity index is 678. The van der Waals surface area contributed by atoms with Crippen LogP contribution in [0.25, 0.3) is 5.69 Å². The van der Waals surface area contributed by atoms with E-state index in [1.54, 1.807) is 0 Å². The van der Waals surface area contributed by atoms with Crippen LogP contribution in [0.5, 0.6) is 0 Å². The van der Waals surface area contributed by atoms with E-state index in [0.717, 1.165) is 24.1 Å². The standard InChI is InChI=1S/C19H26N4O/c1-19(2)11-6-9-17(19)22-18(24)20-12-10-15-13-21-23(14-15)16-7-4-3-5-8-16/h3-5,7-8,13-14,17H,6,9-12H2,1-2H3,(H2,20,22,24)/t17-/m0/s1. The summed E-state index contributed by atoms with van der Waals surface area (Å²) in [6.07, 6.45) is 8.08. The van der Waals surface area contributed by atoms with Gasteiger partial charge in [-0.3, -0.25) is 0 Å². The first-order valence-corrected chi connectivity index (χ1v) is 8.68. The molecule has 1 saturated carbocycles. The lowest BCUT2D eigenvalue weighted by atomic mass is 9.87. The van der Waals surface area contributed by atoms with Crippen LogP contribution in [0, 0.1) is 5.41 Å². The van der Waals surface area contributed by atoms with Crippen molar-refractivity contribution in [3.63, 3.8) is 0 Å². The Morgan fingerprint density at radius 2 is 2.12 bits per heavy atom. The van der Waals surface area contributed by atoms with Crippen LogP contribution in [0.15, 0.2) is 42.7 Å². The summed E-state index contributed by atoms with van der Waals surface area (Å²) >= 11 is 0. The van der Waals surface area contributed by atoms with Crippen molar-refractivity contribution in [1.82, 2.24) is 20.4 Å². The van der Waals surface area contributed by atoms with Crippen molar-refractivity contribution >= 4 is 6.03 Å². The van der Waals surface area contributed by atoms with Crippen molar-refractivity contribution in [3.05, 3.63) is 48.3 Å². The molecule has 5 heteroatoms. The van der Waals surface area contributed by atoms with Crippen molar-refractivity contribution < 1.29 is 4.79 Å². The lowest BCUT2D eigenvalue weighted by Gasteiger charge is -2.27. The van der Waals surface area contributed by atoms with Crippen LogP contribution in [0.4, 0.5) is 4.79 Å². The third kappa shape index (κ3) is 3.96. The van der Waals surface area contributed by atoms with Crippen LogP contribution < -0.4 is 10.6 Å². The second-order valence-electron chi connectivity index (χ2n) is 7.21. The van der Waals surface area contributed by atoms with Gasteiger partial charge in [0.1, 0.15) is 0 Å². The highest BCUT2D eigenvalue weighted by atomic mass is 16.2. The molecule has 1 aromatic heterocycles. The van der Waals surface area contributed by atoms with Crippen LogP contribution in [0.2, 0.25) is 0 Å². The van der Waals surface area contributed by atoms with Gasteiger partial charge in [0.2, 0.25) is 0 Å². The van der Waals surface area contributed by atoms with E-state index in [4.69, 9.17) is 0 Å². The van der Waals surface area contributed by atoms with E-state index < -0.39 is 0 Å². The molecule has 2 aromatic rings. The van der Waals surface area contributed by atoms with Crippen LogP contribution in [0.3, 0.4) is 0 Å². The monoisotopic (exact) mass is 326 g/mol. The highest BCUT2D eigenvalue weighted by Crippen LogP contribution is 2.36. The second-order valence-corrected chi connectivity index (χ2v) is 7.21. The number of amides is 2. The number of aromatic nitrogens is 2. The molecule has 1 aliphatic rings. The maximum Gasteiger partial charge on any atom is 0.315 e. The lowest BCUT2D eigenvalue weighted by Crippen LogP contribution is -2.46. The zero-order valence-corrected chi connectivity index (χ0v) is 14.5. The molecule has 0 radical (unpaired) electrons. The Hall–Kier alpha value is -2.30. The lowest BCUT2D eigenvalue weighted by molar-refractivity contribution is 0.222. The molecule has 0 saturated heterocycles. The fourth-order valence-electron chi connectivity index (χ4n) is 3.34. The van der Waals surface area contributed by atoms with Crippen molar-refractivity contribution in [2.75, 3.05) is 6.54 Å². The predicted octanol–water partition coefficient (Wildman–Crippen LogP) is 3.29. The average molecular weight is 326 g/mol. The van der Waals surface area contributed by atoms with Crippen LogP contribution in [-0.2, 0) is 6.42 Å². The van der Waals surface area contributed by atoms with Crippen LogP contribution in [-0.4, -0.2) is 28.4 Å². The highest BCUT2D eigenvalue weighted by Gasteiger charge is 2.35. The number of hydrogen-bond acceptors (Lipinski definition) is 2. The minimum atomic E-state index is -0.0644. The summed E-state index contributed by atoms with van der Waals surface area (Å²) in [5.74, 6) is 0. The second kappa shape index (κ2) is 7.07. The molecule has 1 aliphatic carbocycles. The van der Waals surface area contributed by atoms with Gasteiger partial charge in [0.15, 0.2) is 0 Å². The SMILES string of the molecule is CC1(C)CCC[C@@H]1NC(=O)NCCc1cnn(-c2ccccc2)c1. The van der Waals surface area contributed by atoms with Gasteiger partial charge < -0.3 is 10.6 Å². The largest absolute Gasteiger partial charge is 0.338 e. The van der Waals surface area contributed by atoms with E-state index in [1.165, 1.54) is 12.8 Å². The third-order valence-corrected chi connectivity index (χ3v) is 4.92. The maximum atomic E-state index is 12.1. The van der Waals surface area contributed by atoms with Gasteiger partial charge in [-0.2, -0.15) is 5.10 Å². The predicted molar refractivity (Wildman–Crippen MR) is 95.2 cm³/mol. The molecule has 1 atom stereocenters. The van der Waals surface area contributed by atoms with Gasteiger partial charge >= 0.3 is 6.03 Å². The molecule has 1 heterocycles. The van der Waals surface area contributed by atoms with E-state index in [1.807, 2.05) is 47.4 Å². The fourth-order valence-corrected chi connectivity index (χ4v) is 3.34. The van der Waals surface area contributed by atoms with Gasteiger partial charge in [0, 0.05) is 18.8 Å². The Kier molecular flexibility index (Phi) is 4.88. The average Bonchev–Trinajstić information content (AvgIpc) is 3.15. The summed E-state index contributed by atoms with van der Waals surface area (Å²) in [4.78, 5) is 12.1. The summed E-state index contributed by atoms with van der Waals surface area (Å²) in [6.45, 7) is 5.06. The molecule has 5 nitrogen and oxygen atoms in total. The molecule has 1 fully saturated rings. The normalized spacial score (nSPS) is 19.2. The summed E-state index contributed by atoms with van der Waals surface area (Å²) in [5.41, 5.74) is 2.35. The molecular weight excluding hydrogens is 300 g/mol. The number of carbonyl (C=O) groups excluding carboxylic acids is 1. The number of hydrogen-bond donors (Lipinski definition) is 2. The molecular formula is C19H26N4O. The molecule has 128 valence electrons. The highest BCUT2D eigenvalue weighted by molar-refractivity contribution is 5.74. The van der Waals surface area contributed by atoms with Gasteiger partial charge in [-0.25, -0.2) is 9.48 Å². The van der Waals surface area contributed by atoms with Crippen molar-refractivity contribution in [1.29, 1.82) is 0 Å². The topological polar surface area (TPSA) is 59.0 Å². The number of nitrogens with zero attached hydrogens (tertiary/aromatic N) is 2. The minimum Gasteiger partial charge on any atom is -0.338 e. The van der Waals surface area contributed by atoms with Crippen molar-refractivity contribution in [2.45, 2.75) is 45.6 Å². The van der Waals surface area contributed by atoms with Crippen molar-refractivity contribution in [3.8, 4) is 5.69 Å². The molecule has 3 rings (SSSR count). The van der Waals surface area contributed by atoms with Gasteiger partial charge in [-0.1, -0.05) is 38.5 Å². The summed E-state index contributed by atoms with van der Waals surface area (Å²) in [5, 5.41) is 10.4. The molecule has 0 aliphatic heterocycles. The number of nitrogens with one attached hydrogen (secondary N) is 2. The summed E-state index contributed by atoms with van der Waals surface area (Å²) < 4.78 is 1.86. The Balaban J connectivity index is 1.45. The maximum absolute atomic E-state index is 12.1. The molecule has 2 N–H and O–H groups in total.